The van der Waals surface area contributed by atoms with Crippen molar-refractivity contribution < 1.29 is 8.78 Å². The Bertz CT molecular complexity index is 505. The van der Waals surface area contributed by atoms with Crippen LogP contribution in [0, 0.1) is 6.92 Å². The molecule has 0 N–H and O–H groups in total. The molecule has 2 aromatic rings. The van der Waals surface area contributed by atoms with Gasteiger partial charge in [-0.25, -0.2) is 4.98 Å². The van der Waals surface area contributed by atoms with Gasteiger partial charge in [0.15, 0.2) is 0 Å². The van der Waals surface area contributed by atoms with Crippen LogP contribution < -0.4 is 0 Å². The molecule has 0 aliphatic rings. The van der Waals surface area contributed by atoms with Crippen molar-refractivity contribution in [3.8, 4) is 0 Å². The molecule has 15 heavy (non-hydrogen) atoms. The highest BCUT2D eigenvalue weighted by Crippen LogP contribution is 2.31. The van der Waals surface area contributed by atoms with Gasteiger partial charge in [-0.15, -0.1) is 0 Å². The number of fused-ring (bicyclic) bond motifs is 1. The fourth-order valence-corrected chi connectivity index (χ4v) is 1.51. The van der Waals surface area contributed by atoms with Gasteiger partial charge in [0.1, 0.15) is 5.69 Å². The zero-order valence-electron chi connectivity index (χ0n) is 7.97. The Morgan fingerprint density at radius 1 is 1.20 bits per heavy atom. The molecule has 0 aliphatic heterocycles. The molecule has 0 bridgehead atoms. The fourth-order valence-electron chi connectivity index (χ4n) is 1.40. The Morgan fingerprint density at radius 2 is 1.93 bits per heavy atom. The van der Waals surface area contributed by atoms with Gasteiger partial charge in [-0.3, -0.25) is 0 Å². The van der Waals surface area contributed by atoms with Crippen molar-refractivity contribution >= 4 is 22.5 Å². The number of nitrogens with zero attached hydrogens (tertiary/aromatic N) is 1. The summed E-state index contributed by atoms with van der Waals surface area (Å²) in [6.07, 6.45) is 0. The van der Waals surface area contributed by atoms with Gasteiger partial charge in [-0.2, -0.15) is 8.78 Å². The molecule has 1 nitrogen and oxygen atoms in total. The quantitative estimate of drug-likeness (QED) is 0.675. The van der Waals surface area contributed by atoms with E-state index in [1.165, 1.54) is 6.07 Å². The number of benzene rings is 1. The predicted octanol–water partition coefficient (Wildman–Crippen LogP) is 3.83. The van der Waals surface area contributed by atoms with Crippen LogP contribution in [-0.4, -0.2) is 4.98 Å². The second kappa shape index (κ2) is 3.42. The Labute approximate surface area is 90.7 Å². The predicted molar refractivity (Wildman–Crippen MR) is 56.2 cm³/mol. The van der Waals surface area contributed by atoms with E-state index in [2.05, 4.69) is 4.98 Å². The van der Waals surface area contributed by atoms with Crippen LogP contribution >= 0.6 is 11.6 Å². The van der Waals surface area contributed by atoms with E-state index >= 15 is 0 Å². The molecule has 78 valence electrons. The minimum absolute atomic E-state index is 0.416. The van der Waals surface area contributed by atoms with Crippen molar-refractivity contribution in [1.82, 2.24) is 4.98 Å². The van der Waals surface area contributed by atoms with E-state index in [1.54, 1.807) is 12.1 Å². The first-order valence-electron chi connectivity index (χ1n) is 4.41. The lowest BCUT2D eigenvalue weighted by Crippen LogP contribution is -2.05. The van der Waals surface area contributed by atoms with Gasteiger partial charge >= 0.3 is 5.38 Å². The molecule has 0 amide bonds. The third-order valence-electron chi connectivity index (χ3n) is 2.14. The lowest BCUT2D eigenvalue weighted by Gasteiger charge is -2.07. The number of aryl methyl sites for hydroxylation is 1. The SMILES string of the molecule is Cc1ccc2nc(C(F)(F)Cl)ccc2c1. The molecular weight excluding hydrogens is 220 g/mol. The molecule has 0 saturated heterocycles. The van der Waals surface area contributed by atoms with Gasteiger partial charge < -0.3 is 0 Å². The van der Waals surface area contributed by atoms with Gasteiger partial charge in [0, 0.05) is 5.39 Å². The molecule has 1 heterocycles. The van der Waals surface area contributed by atoms with Gasteiger partial charge in [-0.1, -0.05) is 17.7 Å². The summed E-state index contributed by atoms with van der Waals surface area (Å²) in [7, 11) is 0. The molecule has 0 atom stereocenters. The third kappa shape index (κ3) is 2.07. The highest BCUT2D eigenvalue weighted by molar-refractivity contribution is 6.21. The van der Waals surface area contributed by atoms with Crippen LogP contribution in [0.25, 0.3) is 10.9 Å². The van der Waals surface area contributed by atoms with Crippen LogP contribution in [0.3, 0.4) is 0 Å². The first-order chi connectivity index (χ1) is 6.97. The summed E-state index contributed by atoms with van der Waals surface area (Å²) in [5.41, 5.74) is 1.17. The molecule has 0 fully saturated rings. The number of rotatable bonds is 1. The number of hydrogen-bond donors (Lipinski definition) is 0. The van der Waals surface area contributed by atoms with Gasteiger partial charge in [0.05, 0.1) is 5.52 Å². The van der Waals surface area contributed by atoms with E-state index in [0.717, 1.165) is 10.9 Å². The van der Waals surface area contributed by atoms with Crippen molar-refractivity contribution in [3.05, 3.63) is 41.6 Å². The summed E-state index contributed by atoms with van der Waals surface area (Å²) < 4.78 is 25.5. The number of hydrogen-bond acceptors (Lipinski definition) is 1. The minimum Gasteiger partial charge on any atom is -0.245 e. The topological polar surface area (TPSA) is 12.9 Å². The van der Waals surface area contributed by atoms with Crippen LogP contribution in [0.5, 0.6) is 0 Å². The smallest absolute Gasteiger partial charge is 0.245 e. The van der Waals surface area contributed by atoms with Crippen LogP contribution in [-0.2, 0) is 5.38 Å². The number of aromatic nitrogens is 1. The maximum absolute atomic E-state index is 12.8. The average molecular weight is 228 g/mol. The summed E-state index contributed by atoms with van der Waals surface area (Å²) in [5, 5.41) is -2.57. The van der Waals surface area contributed by atoms with Crippen LogP contribution in [0.15, 0.2) is 30.3 Å². The third-order valence-corrected chi connectivity index (χ3v) is 2.33. The fraction of sp³-hybridized carbons (Fsp3) is 0.182. The van der Waals surface area contributed by atoms with Gasteiger partial charge in [0.2, 0.25) is 0 Å². The normalized spacial score (nSPS) is 12.0. The molecule has 4 heteroatoms. The molecule has 1 aromatic heterocycles. The van der Waals surface area contributed by atoms with E-state index < -0.39 is 11.1 Å². The minimum atomic E-state index is -3.40. The van der Waals surface area contributed by atoms with Crippen molar-refractivity contribution in [2.75, 3.05) is 0 Å². The van der Waals surface area contributed by atoms with Crippen LogP contribution in [0.1, 0.15) is 11.3 Å². The number of alkyl halides is 3. The first-order valence-corrected chi connectivity index (χ1v) is 4.79. The maximum atomic E-state index is 12.8. The molecule has 1 aromatic carbocycles. The van der Waals surface area contributed by atoms with Crippen LogP contribution in [0.2, 0.25) is 0 Å². The summed E-state index contributed by atoms with van der Waals surface area (Å²) in [5.74, 6) is 0. The lowest BCUT2D eigenvalue weighted by molar-refractivity contribution is 0.0904. The van der Waals surface area contributed by atoms with E-state index in [9.17, 15) is 8.78 Å². The van der Waals surface area contributed by atoms with Crippen molar-refractivity contribution in [1.29, 1.82) is 0 Å². The Hall–Kier alpha value is -1.22. The zero-order chi connectivity index (χ0) is 11.1. The second-order valence-corrected chi connectivity index (χ2v) is 3.87. The molecule has 0 spiro atoms. The monoisotopic (exact) mass is 227 g/mol. The second-order valence-electron chi connectivity index (χ2n) is 3.39. The van der Waals surface area contributed by atoms with Crippen molar-refractivity contribution in [3.63, 3.8) is 0 Å². The largest absolute Gasteiger partial charge is 0.364 e. The van der Waals surface area contributed by atoms with E-state index in [1.807, 2.05) is 19.1 Å². The summed E-state index contributed by atoms with van der Waals surface area (Å²) in [6, 6.07) is 8.26. The van der Waals surface area contributed by atoms with Gasteiger partial charge in [0.25, 0.3) is 0 Å². The zero-order valence-corrected chi connectivity index (χ0v) is 8.72. The highest BCUT2D eigenvalue weighted by Gasteiger charge is 2.29. The number of halogens is 3. The standard InChI is InChI=1S/C11H8ClF2N/c1-7-2-4-9-8(6-7)3-5-10(15-9)11(12,13)14/h2-6H,1H3. The molecule has 0 unspecified atom stereocenters. The molecular formula is C11H8ClF2N. The molecule has 0 radical (unpaired) electrons. The Kier molecular flexibility index (Phi) is 2.35. The Balaban J connectivity index is 2.62. The molecule has 2 rings (SSSR count). The first kappa shape index (κ1) is 10.3. The van der Waals surface area contributed by atoms with Crippen molar-refractivity contribution in [2.24, 2.45) is 0 Å². The van der Waals surface area contributed by atoms with E-state index in [0.29, 0.717) is 5.52 Å². The Morgan fingerprint density at radius 3 is 2.60 bits per heavy atom. The summed E-state index contributed by atoms with van der Waals surface area (Å²) in [4.78, 5) is 3.81. The van der Waals surface area contributed by atoms with E-state index in [4.69, 9.17) is 11.6 Å². The average Bonchev–Trinajstić information content (AvgIpc) is 2.15. The van der Waals surface area contributed by atoms with Crippen molar-refractivity contribution in [2.45, 2.75) is 12.3 Å². The summed E-state index contributed by atoms with van der Waals surface area (Å²) >= 11 is 4.89. The summed E-state index contributed by atoms with van der Waals surface area (Å²) in [6.45, 7) is 1.93. The number of pyridine rings is 1. The van der Waals surface area contributed by atoms with Crippen LogP contribution in [0.4, 0.5) is 8.78 Å². The van der Waals surface area contributed by atoms with E-state index in [-0.39, 0.29) is 0 Å². The van der Waals surface area contributed by atoms with Gasteiger partial charge in [-0.05, 0) is 36.7 Å². The molecule has 0 aliphatic carbocycles. The molecule has 0 saturated carbocycles. The maximum Gasteiger partial charge on any atom is 0.364 e. The lowest BCUT2D eigenvalue weighted by atomic mass is 10.1. The highest BCUT2D eigenvalue weighted by atomic mass is 35.5.